The third-order valence-corrected chi connectivity index (χ3v) is 4.53. The predicted octanol–water partition coefficient (Wildman–Crippen LogP) is 1.59. The summed E-state index contributed by atoms with van der Waals surface area (Å²) in [7, 11) is 0. The lowest BCUT2D eigenvalue weighted by molar-refractivity contribution is 0.0284. The van der Waals surface area contributed by atoms with Gasteiger partial charge in [-0.25, -0.2) is 9.37 Å². The second-order valence-electron chi connectivity index (χ2n) is 6.56. The molecule has 4 heterocycles. The number of fused-ring (bicyclic) bond motifs is 1. The van der Waals surface area contributed by atoms with E-state index in [1.165, 1.54) is 0 Å². The SMILES string of the molecule is F[C@@H]1COCC[C@@H]1Nc1nc2c(OC3CC3)c(-c3cn[nH]c3)ncn2n1. The molecule has 2 fully saturated rings. The molecule has 2 atom stereocenters. The van der Waals surface area contributed by atoms with Crippen LogP contribution in [0.5, 0.6) is 5.75 Å². The zero-order valence-electron chi connectivity index (χ0n) is 13.9. The van der Waals surface area contributed by atoms with Gasteiger partial charge in [0.2, 0.25) is 11.6 Å². The highest BCUT2D eigenvalue weighted by Gasteiger charge is 2.29. The molecule has 26 heavy (non-hydrogen) atoms. The fraction of sp³-hybridized carbons (Fsp3) is 0.500. The number of anilines is 1. The summed E-state index contributed by atoms with van der Waals surface area (Å²) < 4.78 is 26.8. The molecule has 0 unspecified atom stereocenters. The van der Waals surface area contributed by atoms with Crippen LogP contribution in [0.3, 0.4) is 0 Å². The number of nitrogens with zero attached hydrogens (tertiary/aromatic N) is 5. The molecule has 3 aromatic heterocycles. The zero-order valence-corrected chi connectivity index (χ0v) is 13.9. The first-order chi connectivity index (χ1) is 12.8. The molecule has 0 radical (unpaired) electrons. The second-order valence-corrected chi connectivity index (χ2v) is 6.56. The van der Waals surface area contributed by atoms with Crippen LogP contribution < -0.4 is 10.1 Å². The largest absolute Gasteiger partial charge is 0.484 e. The van der Waals surface area contributed by atoms with Crippen molar-refractivity contribution in [2.24, 2.45) is 0 Å². The molecule has 1 aliphatic carbocycles. The van der Waals surface area contributed by atoms with Crippen molar-refractivity contribution in [2.45, 2.75) is 37.6 Å². The number of hydrogen-bond donors (Lipinski definition) is 2. The standard InChI is InChI=1S/C16H18FN7O2/c17-11-7-25-4-3-12(11)21-16-22-15-14(26-10-1-2-10)13(9-5-19-20-6-9)18-8-24(15)23-16/h5-6,8,10-12H,1-4,7H2,(H,19,20)(H,21,23)/t11-,12+/m1/s1. The van der Waals surface area contributed by atoms with Gasteiger partial charge in [0.05, 0.1) is 24.9 Å². The Bertz CT molecular complexity index is 909. The lowest BCUT2D eigenvalue weighted by Crippen LogP contribution is -2.39. The molecular formula is C16H18FN7O2. The van der Waals surface area contributed by atoms with E-state index in [0.29, 0.717) is 36.1 Å². The van der Waals surface area contributed by atoms with E-state index in [0.717, 1.165) is 18.4 Å². The lowest BCUT2D eigenvalue weighted by atomic mass is 10.1. The average Bonchev–Trinajstić information content (AvgIpc) is 3.13. The molecule has 5 rings (SSSR count). The molecule has 0 spiro atoms. The highest BCUT2D eigenvalue weighted by molar-refractivity contribution is 5.74. The van der Waals surface area contributed by atoms with Crippen LogP contribution in [0.2, 0.25) is 0 Å². The molecule has 2 aliphatic rings. The van der Waals surface area contributed by atoms with Crippen LogP contribution in [-0.4, -0.2) is 61.3 Å². The number of aromatic amines is 1. The normalized spacial score (nSPS) is 23.3. The smallest absolute Gasteiger partial charge is 0.243 e. The monoisotopic (exact) mass is 359 g/mol. The topological polar surface area (TPSA) is 102 Å². The minimum absolute atomic E-state index is 0.0905. The molecule has 3 aromatic rings. The Kier molecular flexibility index (Phi) is 3.70. The average molecular weight is 359 g/mol. The molecular weight excluding hydrogens is 341 g/mol. The number of aromatic nitrogens is 6. The van der Waals surface area contributed by atoms with Crippen molar-refractivity contribution in [1.29, 1.82) is 0 Å². The number of nitrogens with one attached hydrogen (secondary N) is 2. The van der Waals surface area contributed by atoms with Crippen molar-refractivity contribution >= 4 is 11.6 Å². The van der Waals surface area contributed by atoms with Crippen molar-refractivity contribution in [2.75, 3.05) is 18.5 Å². The van der Waals surface area contributed by atoms with E-state index in [-0.39, 0.29) is 18.8 Å². The van der Waals surface area contributed by atoms with E-state index < -0.39 is 6.17 Å². The maximum absolute atomic E-state index is 14.0. The Morgan fingerprint density at radius 1 is 1.35 bits per heavy atom. The number of halogens is 1. The van der Waals surface area contributed by atoms with Gasteiger partial charge in [-0.2, -0.15) is 14.6 Å². The Labute approximate surface area is 147 Å². The van der Waals surface area contributed by atoms with E-state index in [9.17, 15) is 4.39 Å². The summed E-state index contributed by atoms with van der Waals surface area (Å²) in [5.41, 5.74) is 2.02. The number of ether oxygens (including phenoxy) is 2. The van der Waals surface area contributed by atoms with Crippen molar-refractivity contribution in [1.82, 2.24) is 29.8 Å². The number of hydrogen-bond acceptors (Lipinski definition) is 7. The fourth-order valence-electron chi connectivity index (χ4n) is 2.98. The van der Waals surface area contributed by atoms with Gasteiger partial charge in [0, 0.05) is 18.4 Å². The van der Waals surface area contributed by atoms with Crippen LogP contribution >= 0.6 is 0 Å². The molecule has 0 aromatic carbocycles. The first kappa shape index (κ1) is 15.5. The predicted molar refractivity (Wildman–Crippen MR) is 89.8 cm³/mol. The van der Waals surface area contributed by atoms with E-state index >= 15 is 0 Å². The van der Waals surface area contributed by atoms with E-state index in [4.69, 9.17) is 9.47 Å². The molecule has 136 valence electrons. The molecule has 2 N–H and O–H groups in total. The van der Waals surface area contributed by atoms with E-state index in [2.05, 4.69) is 30.6 Å². The number of rotatable bonds is 5. The van der Waals surface area contributed by atoms with Crippen LogP contribution in [-0.2, 0) is 4.74 Å². The lowest BCUT2D eigenvalue weighted by Gasteiger charge is -2.26. The molecule has 0 bridgehead atoms. The van der Waals surface area contributed by atoms with Crippen LogP contribution in [0.25, 0.3) is 16.9 Å². The van der Waals surface area contributed by atoms with Gasteiger partial charge in [0.15, 0.2) is 5.75 Å². The second kappa shape index (κ2) is 6.20. The Balaban J connectivity index is 1.52. The Morgan fingerprint density at radius 3 is 3.04 bits per heavy atom. The third kappa shape index (κ3) is 2.85. The summed E-state index contributed by atoms with van der Waals surface area (Å²) in [6.45, 7) is 0.612. The van der Waals surface area contributed by atoms with Gasteiger partial charge >= 0.3 is 0 Å². The van der Waals surface area contributed by atoms with Gasteiger partial charge in [0.25, 0.3) is 0 Å². The summed E-state index contributed by atoms with van der Waals surface area (Å²) >= 11 is 0. The summed E-state index contributed by atoms with van der Waals surface area (Å²) in [5, 5.41) is 14.2. The van der Waals surface area contributed by atoms with Gasteiger partial charge in [0.1, 0.15) is 18.2 Å². The number of alkyl halides is 1. The minimum Gasteiger partial charge on any atom is -0.484 e. The molecule has 0 amide bonds. The highest BCUT2D eigenvalue weighted by Crippen LogP contribution is 2.36. The van der Waals surface area contributed by atoms with Gasteiger partial charge in [-0.05, 0) is 19.3 Å². The highest BCUT2D eigenvalue weighted by atomic mass is 19.1. The molecule has 10 heteroatoms. The first-order valence-electron chi connectivity index (χ1n) is 8.67. The summed E-state index contributed by atoms with van der Waals surface area (Å²) in [6.07, 6.45) is 6.69. The third-order valence-electron chi connectivity index (χ3n) is 4.53. The van der Waals surface area contributed by atoms with Gasteiger partial charge in [-0.1, -0.05) is 0 Å². The summed E-state index contributed by atoms with van der Waals surface area (Å²) in [4.78, 5) is 8.99. The maximum Gasteiger partial charge on any atom is 0.243 e. The Hall–Kier alpha value is -2.75. The number of H-pyrrole nitrogens is 1. The molecule has 9 nitrogen and oxygen atoms in total. The van der Waals surface area contributed by atoms with Gasteiger partial charge in [-0.3, -0.25) is 5.10 Å². The van der Waals surface area contributed by atoms with Crippen LogP contribution in [0.15, 0.2) is 18.7 Å². The van der Waals surface area contributed by atoms with Crippen LogP contribution in [0.1, 0.15) is 19.3 Å². The Morgan fingerprint density at radius 2 is 2.27 bits per heavy atom. The molecule has 1 aliphatic heterocycles. The summed E-state index contributed by atoms with van der Waals surface area (Å²) in [6, 6.07) is -0.365. The van der Waals surface area contributed by atoms with E-state index in [1.54, 1.807) is 23.2 Å². The van der Waals surface area contributed by atoms with Crippen molar-refractivity contribution in [3.8, 4) is 17.0 Å². The quantitative estimate of drug-likeness (QED) is 0.713. The summed E-state index contributed by atoms with van der Waals surface area (Å²) in [5.74, 6) is 0.923. The van der Waals surface area contributed by atoms with Crippen molar-refractivity contribution in [3.63, 3.8) is 0 Å². The fourth-order valence-corrected chi connectivity index (χ4v) is 2.98. The maximum atomic E-state index is 14.0. The van der Waals surface area contributed by atoms with Crippen molar-refractivity contribution < 1.29 is 13.9 Å². The zero-order chi connectivity index (χ0) is 17.5. The van der Waals surface area contributed by atoms with Crippen LogP contribution in [0.4, 0.5) is 10.3 Å². The van der Waals surface area contributed by atoms with Crippen LogP contribution in [0, 0.1) is 0 Å². The first-order valence-corrected chi connectivity index (χ1v) is 8.67. The minimum atomic E-state index is -1.09. The van der Waals surface area contributed by atoms with Gasteiger partial charge < -0.3 is 14.8 Å². The van der Waals surface area contributed by atoms with Gasteiger partial charge in [-0.15, -0.1) is 5.10 Å². The molecule has 1 saturated heterocycles. The van der Waals surface area contributed by atoms with E-state index in [1.807, 2.05) is 0 Å². The van der Waals surface area contributed by atoms with Crippen molar-refractivity contribution in [3.05, 3.63) is 18.7 Å². The molecule has 1 saturated carbocycles.